The molecule has 2 amide bonds. The van der Waals surface area contributed by atoms with E-state index in [4.69, 9.17) is 4.74 Å². The molecule has 142 valence electrons. The summed E-state index contributed by atoms with van der Waals surface area (Å²) in [6, 6.07) is 4.95. The zero-order valence-electron chi connectivity index (χ0n) is 14.7. The summed E-state index contributed by atoms with van der Waals surface area (Å²) < 4.78 is 17.8. The Kier molecular flexibility index (Phi) is 4.53. The number of amides is 2. The van der Waals surface area contributed by atoms with E-state index in [0.29, 0.717) is 11.8 Å². The maximum atomic E-state index is 12.9. The summed E-state index contributed by atoms with van der Waals surface area (Å²) in [5.74, 6) is -1.65. The maximum absolute atomic E-state index is 12.9. The lowest BCUT2D eigenvalue weighted by Gasteiger charge is -2.19. The van der Waals surface area contributed by atoms with Crippen LogP contribution in [0.2, 0.25) is 0 Å². The minimum Gasteiger partial charge on any atom is -0.457 e. The van der Waals surface area contributed by atoms with E-state index in [0.717, 1.165) is 31.4 Å². The number of ketones is 1. The zero-order valence-corrected chi connectivity index (χ0v) is 14.7. The summed E-state index contributed by atoms with van der Waals surface area (Å²) >= 11 is 0. The predicted molar refractivity (Wildman–Crippen MR) is 90.8 cm³/mol. The molecule has 27 heavy (non-hydrogen) atoms. The average molecular weight is 373 g/mol. The van der Waals surface area contributed by atoms with Gasteiger partial charge in [0.05, 0.1) is 18.3 Å². The summed E-state index contributed by atoms with van der Waals surface area (Å²) in [5, 5.41) is 0. The largest absolute Gasteiger partial charge is 0.457 e. The third-order valence-corrected chi connectivity index (χ3v) is 6.09. The maximum Gasteiger partial charge on any atom is 0.308 e. The number of carbonyl (C=O) groups is 4. The second kappa shape index (κ2) is 6.87. The summed E-state index contributed by atoms with van der Waals surface area (Å²) in [4.78, 5) is 50.1. The van der Waals surface area contributed by atoms with E-state index >= 15 is 0 Å². The quantitative estimate of drug-likeness (QED) is 0.433. The standard InChI is InChI=1S/C20H20FNO5/c21-14-5-3-11(4-6-14)15(23)10-27-16(24)7-8-22-19(25)17-12-1-2-13(9-12)18(17)20(22)26/h3-6,12-13,17-18H,1-2,7-10H2/t12-,13-,17-,18-/m0/s1. The van der Waals surface area contributed by atoms with Gasteiger partial charge in [0.2, 0.25) is 11.8 Å². The smallest absolute Gasteiger partial charge is 0.308 e. The number of carbonyl (C=O) groups excluding carboxylic acids is 4. The van der Waals surface area contributed by atoms with E-state index in [1.807, 2.05) is 0 Å². The normalized spacial score (nSPS) is 28.6. The second-order valence-electron chi connectivity index (χ2n) is 7.55. The van der Waals surface area contributed by atoms with Crippen LogP contribution in [0.4, 0.5) is 4.39 Å². The van der Waals surface area contributed by atoms with Crippen LogP contribution in [0.3, 0.4) is 0 Å². The van der Waals surface area contributed by atoms with Crippen LogP contribution >= 0.6 is 0 Å². The first-order valence-corrected chi connectivity index (χ1v) is 9.25. The van der Waals surface area contributed by atoms with E-state index in [1.165, 1.54) is 17.0 Å². The van der Waals surface area contributed by atoms with E-state index in [1.54, 1.807) is 0 Å². The van der Waals surface area contributed by atoms with Crippen molar-refractivity contribution in [1.29, 1.82) is 0 Å². The lowest BCUT2D eigenvalue weighted by molar-refractivity contribution is -0.145. The van der Waals surface area contributed by atoms with Crippen molar-refractivity contribution in [3.63, 3.8) is 0 Å². The van der Waals surface area contributed by atoms with Crippen molar-refractivity contribution >= 4 is 23.6 Å². The number of fused-ring (bicyclic) bond motifs is 5. The van der Waals surface area contributed by atoms with Crippen LogP contribution < -0.4 is 0 Å². The molecule has 2 saturated carbocycles. The molecule has 1 aliphatic heterocycles. The van der Waals surface area contributed by atoms with Gasteiger partial charge in [-0.3, -0.25) is 24.1 Å². The van der Waals surface area contributed by atoms with E-state index in [-0.39, 0.29) is 42.2 Å². The number of hydrogen-bond acceptors (Lipinski definition) is 5. The number of nitrogens with zero attached hydrogens (tertiary/aromatic N) is 1. The summed E-state index contributed by atoms with van der Waals surface area (Å²) in [6.07, 6.45) is 2.84. The Hall–Kier alpha value is -2.57. The fourth-order valence-corrected chi connectivity index (χ4v) is 4.83. The Morgan fingerprint density at radius 2 is 1.63 bits per heavy atom. The van der Waals surface area contributed by atoms with Gasteiger partial charge in [-0.25, -0.2) is 4.39 Å². The fourth-order valence-electron chi connectivity index (χ4n) is 4.83. The Labute approximate surface area is 155 Å². The van der Waals surface area contributed by atoms with Gasteiger partial charge < -0.3 is 4.74 Å². The molecule has 1 saturated heterocycles. The summed E-state index contributed by atoms with van der Waals surface area (Å²) in [6.45, 7) is -0.463. The van der Waals surface area contributed by atoms with E-state index < -0.39 is 24.2 Å². The molecule has 6 nitrogen and oxygen atoms in total. The van der Waals surface area contributed by atoms with Crippen molar-refractivity contribution in [1.82, 2.24) is 4.90 Å². The fraction of sp³-hybridized carbons (Fsp3) is 0.500. The van der Waals surface area contributed by atoms with Crippen LogP contribution in [0.25, 0.3) is 0 Å². The van der Waals surface area contributed by atoms with Crippen molar-refractivity contribution in [3.05, 3.63) is 35.6 Å². The van der Waals surface area contributed by atoms with Gasteiger partial charge in [0.1, 0.15) is 5.82 Å². The van der Waals surface area contributed by atoms with Gasteiger partial charge in [-0.05, 0) is 55.4 Å². The molecule has 0 N–H and O–H groups in total. The highest BCUT2D eigenvalue weighted by Gasteiger charge is 2.60. The van der Waals surface area contributed by atoms with Crippen molar-refractivity contribution in [2.75, 3.05) is 13.2 Å². The molecule has 1 heterocycles. The molecule has 4 rings (SSSR count). The SMILES string of the molecule is O=C(CCN1C(=O)[C@H]2[C@H]3CC[C@@H](C3)[C@@H]2C1=O)OCC(=O)c1ccc(F)cc1. The Balaban J connectivity index is 1.27. The average Bonchev–Trinajstić information content (AvgIpc) is 3.33. The van der Waals surface area contributed by atoms with Crippen molar-refractivity contribution in [2.24, 2.45) is 23.7 Å². The molecule has 4 atom stereocenters. The Bertz CT molecular complexity index is 777. The highest BCUT2D eigenvalue weighted by Crippen LogP contribution is 2.56. The first-order valence-electron chi connectivity index (χ1n) is 9.25. The molecule has 0 radical (unpaired) electrons. The van der Waals surface area contributed by atoms with Crippen LogP contribution in [-0.2, 0) is 19.1 Å². The Morgan fingerprint density at radius 3 is 2.22 bits per heavy atom. The number of hydrogen-bond donors (Lipinski definition) is 0. The van der Waals surface area contributed by atoms with Crippen molar-refractivity contribution in [3.8, 4) is 0 Å². The molecular formula is C20H20FNO5. The topological polar surface area (TPSA) is 80.8 Å². The van der Waals surface area contributed by atoms with Gasteiger partial charge in [0, 0.05) is 12.1 Å². The van der Waals surface area contributed by atoms with Crippen molar-refractivity contribution in [2.45, 2.75) is 25.7 Å². The number of benzene rings is 1. The van der Waals surface area contributed by atoms with Crippen LogP contribution in [0.5, 0.6) is 0 Å². The third kappa shape index (κ3) is 3.15. The molecule has 3 aliphatic rings. The first kappa shape index (κ1) is 17.8. The number of rotatable bonds is 6. The number of imide groups is 1. The van der Waals surface area contributed by atoms with Crippen LogP contribution in [0, 0.1) is 29.5 Å². The van der Waals surface area contributed by atoms with Gasteiger partial charge >= 0.3 is 5.97 Å². The monoisotopic (exact) mass is 373 g/mol. The third-order valence-electron chi connectivity index (χ3n) is 6.09. The first-order chi connectivity index (χ1) is 13.0. The minimum absolute atomic E-state index is 0.00627. The van der Waals surface area contributed by atoms with Crippen LogP contribution in [-0.4, -0.2) is 41.6 Å². The molecule has 2 aliphatic carbocycles. The number of likely N-dealkylation sites (tertiary alicyclic amines) is 1. The summed E-state index contributed by atoms with van der Waals surface area (Å²) in [5.41, 5.74) is 0.248. The van der Waals surface area contributed by atoms with Crippen LogP contribution in [0.1, 0.15) is 36.0 Å². The molecule has 1 aromatic carbocycles. The lowest BCUT2D eigenvalue weighted by Crippen LogP contribution is -2.35. The van der Waals surface area contributed by atoms with Gasteiger partial charge in [0.15, 0.2) is 12.4 Å². The minimum atomic E-state index is -0.647. The number of Topliss-reactive ketones (excluding diaryl/α,β-unsaturated/α-hetero) is 1. The molecule has 0 unspecified atom stereocenters. The number of ether oxygens (including phenoxy) is 1. The van der Waals surface area contributed by atoms with E-state index in [2.05, 4.69) is 0 Å². The molecule has 3 fully saturated rings. The number of halogens is 1. The molecule has 0 spiro atoms. The molecular weight excluding hydrogens is 353 g/mol. The zero-order chi connectivity index (χ0) is 19.1. The molecule has 2 bridgehead atoms. The summed E-state index contributed by atoms with van der Waals surface area (Å²) in [7, 11) is 0. The van der Waals surface area contributed by atoms with Crippen molar-refractivity contribution < 1.29 is 28.3 Å². The van der Waals surface area contributed by atoms with Gasteiger partial charge in [-0.1, -0.05) is 0 Å². The highest BCUT2D eigenvalue weighted by atomic mass is 19.1. The molecule has 1 aromatic rings. The van der Waals surface area contributed by atoms with Gasteiger partial charge in [-0.15, -0.1) is 0 Å². The van der Waals surface area contributed by atoms with Crippen LogP contribution in [0.15, 0.2) is 24.3 Å². The molecule has 7 heteroatoms. The molecule has 0 aromatic heterocycles. The Morgan fingerprint density at radius 1 is 1.04 bits per heavy atom. The predicted octanol–water partition coefficient (Wildman–Crippen LogP) is 1.97. The highest BCUT2D eigenvalue weighted by molar-refractivity contribution is 6.06. The number of esters is 1. The van der Waals surface area contributed by atoms with Gasteiger partial charge in [0.25, 0.3) is 0 Å². The second-order valence-corrected chi connectivity index (χ2v) is 7.55. The van der Waals surface area contributed by atoms with E-state index in [9.17, 15) is 23.6 Å². The van der Waals surface area contributed by atoms with Gasteiger partial charge in [-0.2, -0.15) is 0 Å². The lowest BCUT2D eigenvalue weighted by atomic mass is 9.81.